The standard InChI is InChI=1S/C16H25N3O/c20-16(8-10-18(12-16)14-5-6-14)11-13-7-9-19(17-13)15-3-1-2-4-15/h7,9,14-15,20H,1-6,8,10-12H2. The van der Waals surface area contributed by atoms with Gasteiger partial charge in [-0.3, -0.25) is 9.58 Å². The zero-order valence-corrected chi connectivity index (χ0v) is 12.2. The molecule has 3 fully saturated rings. The number of β-amino-alcohol motifs (C(OH)–C–C–N with tert-alkyl or cyclic N) is 1. The van der Waals surface area contributed by atoms with E-state index >= 15 is 0 Å². The number of hydrogen-bond donors (Lipinski definition) is 1. The van der Waals surface area contributed by atoms with Gasteiger partial charge in [-0.15, -0.1) is 0 Å². The van der Waals surface area contributed by atoms with Crippen LogP contribution in [0.4, 0.5) is 0 Å². The lowest BCUT2D eigenvalue weighted by molar-refractivity contribution is 0.0476. The predicted octanol–water partition coefficient (Wildman–Crippen LogP) is 2.14. The first-order chi connectivity index (χ1) is 9.72. The molecular formula is C16H25N3O. The molecule has 2 saturated carbocycles. The van der Waals surface area contributed by atoms with Crippen LogP contribution in [0.25, 0.3) is 0 Å². The first kappa shape index (κ1) is 12.8. The normalized spacial score (nSPS) is 32.2. The number of hydrogen-bond acceptors (Lipinski definition) is 3. The van der Waals surface area contributed by atoms with Crippen LogP contribution < -0.4 is 0 Å². The van der Waals surface area contributed by atoms with Gasteiger partial charge in [0.1, 0.15) is 0 Å². The lowest BCUT2D eigenvalue weighted by atomic mass is 9.97. The van der Waals surface area contributed by atoms with E-state index in [0.717, 1.165) is 37.7 Å². The molecular weight excluding hydrogens is 250 g/mol. The minimum atomic E-state index is -0.544. The summed E-state index contributed by atoms with van der Waals surface area (Å²) in [5, 5.41) is 15.5. The minimum absolute atomic E-state index is 0.544. The van der Waals surface area contributed by atoms with Gasteiger partial charge in [0.15, 0.2) is 0 Å². The predicted molar refractivity (Wildman–Crippen MR) is 77.6 cm³/mol. The summed E-state index contributed by atoms with van der Waals surface area (Å²) < 4.78 is 2.14. The zero-order valence-electron chi connectivity index (χ0n) is 12.2. The maximum Gasteiger partial charge on any atom is 0.0842 e. The Morgan fingerprint density at radius 3 is 2.75 bits per heavy atom. The third kappa shape index (κ3) is 2.51. The maximum atomic E-state index is 10.8. The van der Waals surface area contributed by atoms with E-state index in [1.807, 2.05) is 0 Å². The zero-order chi connectivity index (χ0) is 13.6. The van der Waals surface area contributed by atoms with Gasteiger partial charge in [-0.1, -0.05) is 12.8 Å². The van der Waals surface area contributed by atoms with Crippen LogP contribution in [0.3, 0.4) is 0 Å². The fourth-order valence-electron chi connectivity index (χ4n) is 3.96. The third-order valence-corrected chi connectivity index (χ3v) is 5.30. The lowest BCUT2D eigenvalue weighted by Crippen LogP contribution is -2.36. The molecule has 1 unspecified atom stereocenters. The van der Waals surface area contributed by atoms with Crippen LogP contribution >= 0.6 is 0 Å². The van der Waals surface area contributed by atoms with Crippen molar-refractivity contribution >= 4 is 0 Å². The summed E-state index contributed by atoms with van der Waals surface area (Å²) in [4.78, 5) is 2.47. The van der Waals surface area contributed by atoms with E-state index in [1.54, 1.807) is 0 Å². The van der Waals surface area contributed by atoms with Crippen molar-refractivity contribution in [2.24, 2.45) is 0 Å². The molecule has 0 radical (unpaired) electrons. The molecule has 0 bridgehead atoms. The molecule has 0 aromatic carbocycles. The highest BCUT2D eigenvalue weighted by atomic mass is 16.3. The molecule has 3 aliphatic rings. The summed E-state index contributed by atoms with van der Waals surface area (Å²) in [5.41, 5.74) is 0.523. The number of aromatic nitrogens is 2. The Hall–Kier alpha value is -0.870. The molecule has 4 heteroatoms. The van der Waals surface area contributed by atoms with E-state index in [1.165, 1.54) is 38.5 Å². The largest absolute Gasteiger partial charge is 0.388 e. The molecule has 1 aromatic rings. The fourth-order valence-corrected chi connectivity index (χ4v) is 3.96. The van der Waals surface area contributed by atoms with Gasteiger partial charge in [-0.25, -0.2) is 0 Å². The first-order valence-corrected chi connectivity index (χ1v) is 8.22. The van der Waals surface area contributed by atoms with E-state index in [4.69, 9.17) is 5.10 Å². The van der Waals surface area contributed by atoms with Crippen LogP contribution in [0.5, 0.6) is 0 Å². The molecule has 4 rings (SSSR count). The maximum absolute atomic E-state index is 10.8. The second-order valence-corrected chi connectivity index (χ2v) is 7.08. The van der Waals surface area contributed by atoms with Crippen LogP contribution in [-0.2, 0) is 6.42 Å². The smallest absolute Gasteiger partial charge is 0.0842 e. The Balaban J connectivity index is 1.40. The quantitative estimate of drug-likeness (QED) is 0.915. The summed E-state index contributed by atoms with van der Waals surface area (Å²) in [6.45, 7) is 1.90. The summed E-state index contributed by atoms with van der Waals surface area (Å²) in [7, 11) is 0. The van der Waals surface area contributed by atoms with Crippen molar-refractivity contribution in [2.45, 2.75) is 69.1 Å². The number of nitrogens with zero attached hydrogens (tertiary/aromatic N) is 3. The SMILES string of the molecule is OC1(Cc2ccn(C3CCCC3)n2)CCN(C2CC2)C1. The second kappa shape index (κ2) is 4.85. The average molecular weight is 275 g/mol. The molecule has 0 amide bonds. The fraction of sp³-hybridized carbons (Fsp3) is 0.812. The molecule has 1 aromatic heterocycles. The van der Waals surface area contributed by atoms with Crippen LogP contribution in [0.15, 0.2) is 12.3 Å². The van der Waals surface area contributed by atoms with Gasteiger partial charge in [0.2, 0.25) is 0 Å². The van der Waals surface area contributed by atoms with E-state index < -0.39 is 5.60 Å². The molecule has 1 aliphatic heterocycles. The van der Waals surface area contributed by atoms with Crippen molar-refractivity contribution in [3.05, 3.63) is 18.0 Å². The summed E-state index contributed by atoms with van der Waals surface area (Å²) >= 11 is 0. The van der Waals surface area contributed by atoms with E-state index in [9.17, 15) is 5.11 Å². The van der Waals surface area contributed by atoms with Crippen molar-refractivity contribution in [2.75, 3.05) is 13.1 Å². The van der Waals surface area contributed by atoms with Gasteiger partial charge in [0.05, 0.1) is 17.3 Å². The third-order valence-electron chi connectivity index (χ3n) is 5.30. The molecule has 20 heavy (non-hydrogen) atoms. The second-order valence-electron chi connectivity index (χ2n) is 7.08. The highest BCUT2D eigenvalue weighted by Gasteiger charge is 2.42. The molecule has 2 heterocycles. The van der Waals surface area contributed by atoms with Crippen molar-refractivity contribution in [1.29, 1.82) is 0 Å². The van der Waals surface area contributed by atoms with E-state index in [2.05, 4.69) is 21.8 Å². The van der Waals surface area contributed by atoms with Gasteiger partial charge >= 0.3 is 0 Å². The number of aliphatic hydroxyl groups is 1. The Bertz CT molecular complexity index is 476. The first-order valence-electron chi connectivity index (χ1n) is 8.22. The minimum Gasteiger partial charge on any atom is -0.388 e. The van der Waals surface area contributed by atoms with Gasteiger partial charge in [0.25, 0.3) is 0 Å². The molecule has 1 N–H and O–H groups in total. The molecule has 1 atom stereocenters. The summed E-state index contributed by atoms with van der Waals surface area (Å²) in [6.07, 6.45) is 11.6. The molecule has 0 spiro atoms. The topological polar surface area (TPSA) is 41.3 Å². The van der Waals surface area contributed by atoms with E-state index in [0.29, 0.717) is 6.04 Å². The van der Waals surface area contributed by atoms with Crippen molar-refractivity contribution in [3.8, 4) is 0 Å². The summed E-state index contributed by atoms with van der Waals surface area (Å²) in [6, 6.07) is 3.47. The number of likely N-dealkylation sites (tertiary alicyclic amines) is 1. The average Bonchev–Trinajstić information content (AvgIpc) is 2.85. The van der Waals surface area contributed by atoms with E-state index in [-0.39, 0.29) is 0 Å². The van der Waals surface area contributed by atoms with Crippen LogP contribution in [0.2, 0.25) is 0 Å². The monoisotopic (exact) mass is 275 g/mol. The Morgan fingerprint density at radius 1 is 1.20 bits per heavy atom. The summed E-state index contributed by atoms with van der Waals surface area (Å²) in [5.74, 6) is 0. The van der Waals surface area contributed by atoms with Crippen LogP contribution in [-0.4, -0.2) is 44.5 Å². The molecule has 110 valence electrons. The molecule has 1 saturated heterocycles. The van der Waals surface area contributed by atoms with Crippen molar-refractivity contribution in [1.82, 2.24) is 14.7 Å². The number of rotatable bonds is 4. The van der Waals surface area contributed by atoms with Crippen LogP contribution in [0, 0.1) is 0 Å². The van der Waals surface area contributed by atoms with Gasteiger partial charge in [-0.05, 0) is 38.2 Å². The molecule has 2 aliphatic carbocycles. The van der Waals surface area contributed by atoms with Crippen molar-refractivity contribution in [3.63, 3.8) is 0 Å². The van der Waals surface area contributed by atoms with Gasteiger partial charge in [0, 0.05) is 31.7 Å². The van der Waals surface area contributed by atoms with Gasteiger partial charge in [-0.2, -0.15) is 5.10 Å². The lowest BCUT2D eigenvalue weighted by Gasteiger charge is -2.22. The van der Waals surface area contributed by atoms with Gasteiger partial charge < -0.3 is 5.11 Å². The van der Waals surface area contributed by atoms with Crippen molar-refractivity contribution < 1.29 is 5.11 Å². The molecule has 4 nitrogen and oxygen atoms in total. The Morgan fingerprint density at radius 2 is 2.00 bits per heavy atom. The Kier molecular flexibility index (Phi) is 3.11. The van der Waals surface area contributed by atoms with Crippen LogP contribution in [0.1, 0.15) is 56.7 Å². The highest BCUT2D eigenvalue weighted by molar-refractivity contribution is 5.08. The highest BCUT2D eigenvalue weighted by Crippen LogP contribution is 2.35. The Labute approximate surface area is 120 Å².